The second kappa shape index (κ2) is 6.18. The van der Waals surface area contributed by atoms with Gasteiger partial charge in [0.25, 0.3) is 0 Å². The molecular weight excluding hydrogens is 312 g/mol. The van der Waals surface area contributed by atoms with Crippen LogP contribution >= 0.6 is 0 Å². The second-order valence-electron chi connectivity index (χ2n) is 4.86. The van der Waals surface area contributed by atoms with Crippen molar-refractivity contribution < 1.29 is 31.1 Å². The SMILES string of the molecule is CCC(C(=O)NC(C)c1ccccc1)(C(F)(F)F)C(F)(F)F. The van der Waals surface area contributed by atoms with Crippen molar-refractivity contribution in [2.24, 2.45) is 5.41 Å². The minimum atomic E-state index is -5.74. The first-order valence-corrected chi connectivity index (χ1v) is 6.46. The van der Waals surface area contributed by atoms with Crippen LogP contribution in [0.4, 0.5) is 26.3 Å². The maximum Gasteiger partial charge on any atom is 0.412 e. The molecule has 0 saturated heterocycles. The van der Waals surface area contributed by atoms with Gasteiger partial charge in [-0.25, -0.2) is 0 Å². The van der Waals surface area contributed by atoms with E-state index in [1.165, 1.54) is 19.1 Å². The molecule has 0 aromatic heterocycles. The van der Waals surface area contributed by atoms with E-state index in [1.54, 1.807) is 18.2 Å². The Labute approximate surface area is 123 Å². The summed E-state index contributed by atoms with van der Waals surface area (Å²) in [5.41, 5.74) is -4.01. The van der Waals surface area contributed by atoms with Crippen molar-refractivity contribution in [1.29, 1.82) is 0 Å². The number of halogens is 6. The first kappa shape index (κ1) is 18.3. The summed E-state index contributed by atoms with van der Waals surface area (Å²) >= 11 is 0. The molecule has 1 aromatic rings. The number of rotatable bonds is 4. The lowest BCUT2D eigenvalue weighted by molar-refractivity contribution is -0.326. The molecule has 0 fully saturated rings. The van der Waals surface area contributed by atoms with E-state index in [-0.39, 0.29) is 0 Å². The van der Waals surface area contributed by atoms with Gasteiger partial charge in [0.05, 0.1) is 6.04 Å². The van der Waals surface area contributed by atoms with Gasteiger partial charge in [-0.1, -0.05) is 37.3 Å². The highest BCUT2D eigenvalue weighted by atomic mass is 19.4. The quantitative estimate of drug-likeness (QED) is 0.817. The van der Waals surface area contributed by atoms with Crippen LogP contribution in [0.2, 0.25) is 0 Å². The van der Waals surface area contributed by atoms with Gasteiger partial charge in [-0.3, -0.25) is 4.79 Å². The van der Waals surface area contributed by atoms with Crippen LogP contribution in [0.1, 0.15) is 31.9 Å². The second-order valence-corrected chi connectivity index (χ2v) is 4.86. The number of alkyl halides is 6. The number of hydrogen-bond acceptors (Lipinski definition) is 1. The van der Waals surface area contributed by atoms with Gasteiger partial charge in [0.15, 0.2) is 0 Å². The Morgan fingerprint density at radius 1 is 1.05 bits per heavy atom. The van der Waals surface area contributed by atoms with E-state index in [9.17, 15) is 31.1 Å². The Hall–Kier alpha value is -1.73. The lowest BCUT2D eigenvalue weighted by atomic mass is 9.82. The maximum absolute atomic E-state index is 13.0. The standard InChI is InChI=1S/C14H15F6NO/c1-3-12(13(15,16)17,14(18,19)20)11(22)21-9(2)10-7-5-4-6-8-10/h4-9H,3H2,1-2H3,(H,21,22). The first-order chi connectivity index (χ1) is 9.97. The average molecular weight is 327 g/mol. The van der Waals surface area contributed by atoms with Crippen LogP contribution in [-0.4, -0.2) is 18.3 Å². The molecule has 0 spiro atoms. The van der Waals surface area contributed by atoms with Crippen LogP contribution in [0, 0.1) is 5.41 Å². The largest absolute Gasteiger partial charge is 0.412 e. The van der Waals surface area contributed by atoms with Crippen molar-refractivity contribution in [2.75, 3.05) is 0 Å². The lowest BCUT2D eigenvalue weighted by Crippen LogP contribution is -2.59. The highest BCUT2D eigenvalue weighted by Gasteiger charge is 2.74. The molecule has 2 nitrogen and oxygen atoms in total. The molecule has 1 rings (SSSR count). The van der Waals surface area contributed by atoms with Gasteiger partial charge in [0, 0.05) is 0 Å². The number of nitrogens with one attached hydrogen (secondary N) is 1. The third-order valence-electron chi connectivity index (χ3n) is 3.53. The third kappa shape index (κ3) is 3.20. The summed E-state index contributed by atoms with van der Waals surface area (Å²) in [4.78, 5) is 11.8. The molecule has 0 bridgehead atoms. The molecule has 8 heteroatoms. The summed E-state index contributed by atoms with van der Waals surface area (Å²) in [6.45, 7) is 2.01. The number of hydrogen-bond donors (Lipinski definition) is 1. The first-order valence-electron chi connectivity index (χ1n) is 6.46. The van der Waals surface area contributed by atoms with Gasteiger partial charge in [-0.15, -0.1) is 0 Å². The molecule has 1 N–H and O–H groups in total. The molecule has 1 aromatic carbocycles. The molecule has 124 valence electrons. The maximum atomic E-state index is 13.0. The Morgan fingerprint density at radius 3 is 1.86 bits per heavy atom. The minimum absolute atomic E-state index is 0.408. The summed E-state index contributed by atoms with van der Waals surface area (Å²) in [5.74, 6) is -2.09. The van der Waals surface area contributed by atoms with Crippen LogP contribution in [0.15, 0.2) is 30.3 Å². The smallest absolute Gasteiger partial charge is 0.349 e. The fourth-order valence-electron chi connectivity index (χ4n) is 2.12. The Balaban J connectivity index is 3.14. The lowest BCUT2D eigenvalue weighted by Gasteiger charge is -2.35. The molecule has 0 aliphatic heterocycles. The fraction of sp³-hybridized carbons (Fsp3) is 0.500. The molecule has 0 saturated carbocycles. The zero-order chi connectivity index (χ0) is 17.2. The van der Waals surface area contributed by atoms with Crippen LogP contribution in [0.5, 0.6) is 0 Å². The molecular formula is C14H15F6NO. The summed E-state index contributed by atoms with van der Waals surface area (Å²) in [6, 6.07) is 6.79. The topological polar surface area (TPSA) is 29.1 Å². The highest BCUT2D eigenvalue weighted by Crippen LogP contribution is 2.52. The van der Waals surface area contributed by atoms with Crippen LogP contribution in [0.25, 0.3) is 0 Å². The molecule has 1 amide bonds. The van der Waals surface area contributed by atoms with Crippen molar-refractivity contribution >= 4 is 5.91 Å². The van der Waals surface area contributed by atoms with Crippen LogP contribution in [0.3, 0.4) is 0 Å². The zero-order valence-corrected chi connectivity index (χ0v) is 11.8. The van der Waals surface area contributed by atoms with E-state index in [4.69, 9.17) is 0 Å². The van der Waals surface area contributed by atoms with E-state index in [0.29, 0.717) is 12.5 Å². The summed E-state index contributed by atoms with van der Waals surface area (Å²) < 4.78 is 78.0. The van der Waals surface area contributed by atoms with E-state index >= 15 is 0 Å². The number of carbonyl (C=O) groups excluding carboxylic acids is 1. The molecule has 0 aliphatic carbocycles. The Morgan fingerprint density at radius 2 is 1.50 bits per heavy atom. The summed E-state index contributed by atoms with van der Waals surface area (Å²) in [6.07, 6.45) is -12.9. The molecule has 0 radical (unpaired) electrons. The monoisotopic (exact) mass is 327 g/mol. The normalized spacial score (nSPS) is 14.5. The van der Waals surface area contributed by atoms with Crippen molar-refractivity contribution in [3.05, 3.63) is 35.9 Å². The third-order valence-corrected chi connectivity index (χ3v) is 3.53. The molecule has 0 aliphatic rings. The van der Waals surface area contributed by atoms with Crippen molar-refractivity contribution in [3.8, 4) is 0 Å². The van der Waals surface area contributed by atoms with Gasteiger partial charge in [-0.2, -0.15) is 26.3 Å². The van der Waals surface area contributed by atoms with E-state index in [2.05, 4.69) is 0 Å². The van der Waals surface area contributed by atoms with Crippen molar-refractivity contribution in [1.82, 2.24) is 5.32 Å². The summed E-state index contributed by atoms with van der Waals surface area (Å²) in [5, 5.41) is 1.82. The van der Waals surface area contributed by atoms with Gasteiger partial charge in [-0.05, 0) is 18.9 Å². The minimum Gasteiger partial charge on any atom is -0.349 e. The highest BCUT2D eigenvalue weighted by molar-refractivity contribution is 5.84. The van der Waals surface area contributed by atoms with Crippen molar-refractivity contribution in [3.63, 3.8) is 0 Å². The number of amides is 1. The van der Waals surface area contributed by atoms with Crippen LogP contribution in [-0.2, 0) is 4.79 Å². The molecule has 1 unspecified atom stereocenters. The Bertz CT molecular complexity index is 494. The number of carbonyl (C=O) groups is 1. The van der Waals surface area contributed by atoms with E-state index < -0.39 is 36.1 Å². The predicted octanol–water partition coefficient (Wildman–Crippen LogP) is 4.38. The predicted molar refractivity (Wildman–Crippen MR) is 67.8 cm³/mol. The molecule has 1 atom stereocenters. The van der Waals surface area contributed by atoms with Gasteiger partial charge >= 0.3 is 12.4 Å². The van der Waals surface area contributed by atoms with E-state index in [1.807, 2.05) is 5.32 Å². The molecule has 22 heavy (non-hydrogen) atoms. The average Bonchev–Trinajstić information content (AvgIpc) is 2.37. The molecule has 0 heterocycles. The fourth-order valence-corrected chi connectivity index (χ4v) is 2.12. The van der Waals surface area contributed by atoms with Gasteiger partial charge in [0.2, 0.25) is 11.3 Å². The van der Waals surface area contributed by atoms with E-state index in [0.717, 1.165) is 0 Å². The van der Waals surface area contributed by atoms with Crippen molar-refractivity contribution in [2.45, 2.75) is 38.7 Å². The zero-order valence-electron chi connectivity index (χ0n) is 11.8. The van der Waals surface area contributed by atoms with Gasteiger partial charge in [0.1, 0.15) is 0 Å². The van der Waals surface area contributed by atoms with Gasteiger partial charge < -0.3 is 5.32 Å². The van der Waals surface area contributed by atoms with Crippen LogP contribution < -0.4 is 5.32 Å². The Kier molecular flexibility index (Phi) is 5.14. The number of benzene rings is 1. The summed E-state index contributed by atoms with van der Waals surface area (Å²) in [7, 11) is 0.